The summed E-state index contributed by atoms with van der Waals surface area (Å²) in [6.07, 6.45) is 0.717. The lowest BCUT2D eigenvalue weighted by Gasteiger charge is -2.40. The van der Waals surface area contributed by atoms with E-state index in [2.05, 4.69) is 5.32 Å². The lowest BCUT2D eigenvalue weighted by atomic mass is 9.98. The molecule has 7 heteroatoms. The molecule has 2 saturated heterocycles. The van der Waals surface area contributed by atoms with Gasteiger partial charge in [-0.1, -0.05) is 0 Å². The molecule has 0 saturated carbocycles. The molecular formula is C16H28N2O5. The van der Waals surface area contributed by atoms with E-state index < -0.39 is 23.0 Å². The molecule has 0 atom stereocenters. The lowest BCUT2D eigenvalue weighted by molar-refractivity contribution is -0.188. The second-order valence-electron chi connectivity index (χ2n) is 7.65. The zero-order valence-corrected chi connectivity index (χ0v) is 14.7. The van der Waals surface area contributed by atoms with Gasteiger partial charge in [0.1, 0.15) is 11.1 Å². The Labute approximate surface area is 137 Å². The van der Waals surface area contributed by atoms with Crippen LogP contribution in [0, 0.1) is 0 Å². The number of nitrogens with one attached hydrogen (secondary N) is 1. The molecule has 0 aromatic heterocycles. The summed E-state index contributed by atoms with van der Waals surface area (Å²) in [5, 5.41) is 2.66. The maximum absolute atomic E-state index is 12.7. The molecular weight excluding hydrogens is 300 g/mol. The van der Waals surface area contributed by atoms with Gasteiger partial charge in [-0.25, -0.2) is 4.79 Å². The van der Waals surface area contributed by atoms with Crippen molar-refractivity contribution >= 4 is 12.0 Å². The third-order valence-corrected chi connectivity index (χ3v) is 3.97. The number of piperidine rings is 1. The molecule has 2 amide bonds. The smallest absolute Gasteiger partial charge is 0.408 e. The van der Waals surface area contributed by atoms with Crippen molar-refractivity contribution in [2.75, 3.05) is 26.3 Å². The first-order valence-electron chi connectivity index (χ1n) is 8.12. The third-order valence-electron chi connectivity index (χ3n) is 3.97. The average Bonchev–Trinajstić information content (AvgIpc) is 2.84. The lowest BCUT2D eigenvalue weighted by Crippen LogP contribution is -2.59. The Balaban J connectivity index is 1.90. The van der Waals surface area contributed by atoms with Gasteiger partial charge in [0.15, 0.2) is 5.79 Å². The fourth-order valence-corrected chi connectivity index (χ4v) is 2.84. The van der Waals surface area contributed by atoms with E-state index in [9.17, 15) is 9.59 Å². The van der Waals surface area contributed by atoms with Crippen LogP contribution in [0.5, 0.6) is 0 Å². The summed E-state index contributed by atoms with van der Waals surface area (Å²) in [5.74, 6) is -0.643. The van der Waals surface area contributed by atoms with Crippen LogP contribution in [-0.4, -0.2) is 60.1 Å². The molecule has 0 aromatic rings. The Bertz CT molecular complexity index is 454. The normalized spacial score (nSPS) is 21.3. The van der Waals surface area contributed by atoms with Crippen molar-refractivity contribution in [3.63, 3.8) is 0 Å². The van der Waals surface area contributed by atoms with E-state index in [0.29, 0.717) is 39.1 Å². The SMILES string of the molecule is CC(C)(C)OC(=O)NC(C)(C)C(=O)N1CCC2(CC1)OCCO2. The standard InChI is InChI=1S/C16H28N2O5/c1-14(2,3)23-13(20)17-15(4,5)12(19)18-8-6-16(7-9-18)21-10-11-22-16/h6-11H2,1-5H3,(H,17,20). The highest BCUT2D eigenvalue weighted by Gasteiger charge is 2.43. The molecule has 1 spiro atoms. The van der Waals surface area contributed by atoms with Gasteiger partial charge < -0.3 is 24.4 Å². The quantitative estimate of drug-likeness (QED) is 0.834. The van der Waals surface area contributed by atoms with Crippen LogP contribution in [0.2, 0.25) is 0 Å². The molecule has 1 N–H and O–H groups in total. The minimum Gasteiger partial charge on any atom is -0.444 e. The van der Waals surface area contributed by atoms with Crippen LogP contribution in [0.1, 0.15) is 47.5 Å². The first-order valence-corrected chi connectivity index (χ1v) is 8.12. The topological polar surface area (TPSA) is 77.1 Å². The van der Waals surface area contributed by atoms with E-state index in [1.165, 1.54) is 0 Å². The van der Waals surface area contributed by atoms with Crippen LogP contribution in [0.15, 0.2) is 0 Å². The first-order chi connectivity index (χ1) is 10.5. The molecule has 0 bridgehead atoms. The Morgan fingerprint density at radius 2 is 1.57 bits per heavy atom. The molecule has 0 aromatic carbocycles. The molecule has 2 fully saturated rings. The Hall–Kier alpha value is -1.34. The number of ether oxygens (including phenoxy) is 3. The van der Waals surface area contributed by atoms with Gasteiger partial charge in [-0.15, -0.1) is 0 Å². The average molecular weight is 328 g/mol. The summed E-state index contributed by atoms with van der Waals surface area (Å²) in [7, 11) is 0. The van der Waals surface area contributed by atoms with Crippen LogP contribution < -0.4 is 5.32 Å². The van der Waals surface area contributed by atoms with Gasteiger partial charge >= 0.3 is 6.09 Å². The molecule has 0 unspecified atom stereocenters. The fourth-order valence-electron chi connectivity index (χ4n) is 2.84. The number of likely N-dealkylation sites (tertiary alicyclic amines) is 1. The summed E-state index contributed by atoms with van der Waals surface area (Å²) >= 11 is 0. The van der Waals surface area contributed by atoms with Crippen molar-refractivity contribution in [1.29, 1.82) is 0 Å². The van der Waals surface area contributed by atoms with E-state index in [-0.39, 0.29) is 5.91 Å². The number of hydrogen-bond acceptors (Lipinski definition) is 5. The highest BCUT2D eigenvalue weighted by Crippen LogP contribution is 2.31. The number of carbonyl (C=O) groups is 2. The summed E-state index contributed by atoms with van der Waals surface area (Å²) < 4.78 is 16.6. The van der Waals surface area contributed by atoms with E-state index in [4.69, 9.17) is 14.2 Å². The fraction of sp³-hybridized carbons (Fsp3) is 0.875. The predicted octanol–water partition coefficient (Wildman–Crippen LogP) is 1.66. The van der Waals surface area contributed by atoms with Crippen LogP contribution in [0.4, 0.5) is 4.79 Å². The van der Waals surface area contributed by atoms with Crippen molar-refractivity contribution in [2.24, 2.45) is 0 Å². The van der Waals surface area contributed by atoms with Crippen LogP contribution >= 0.6 is 0 Å². The summed E-state index contributed by atoms with van der Waals surface area (Å²) in [5.41, 5.74) is -1.62. The molecule has 2 rings (SSSR count). The second kappa shape index (κ2) is 6.28. The number of amides is 2. The summed E-state index contributed by atoms with van der Waals surface area (Å²) in [6.45, 7) is 11.1. The second-order valence-corrected chi connectivity index (χ2v) is 7.65. The highest BCUT2D eigenvalue weighted by molar-refractivity contribution is 5.89. The molecule has 2 aliphatic heterocycles. The number of hydrogen-bond donors (Lipinski definition) is 1. The molecule has 2 heterocycles. The Kier molecular flexibility index (Phi) is 4.92. The zero-order chi connectivity index (χ0) is 17.3. The van der Waals surface area contributed by atoms with Crippen LogP contribution in [-0.2, 0) is 19.0 Å². The number of carbonyl (C=O) groups excluding carboxylic acids is 2. The maximum Gasteiger partial charge on any atom is 0.408 e. The van der Waals surface area contributed by atoms with Gasteiger partial charge in [0, 0.05) is 25.9 Å². The highest BCUT2D eigenvalue weighted by atomic mass is 16.7. The van der Waals surface area contributed by atoms with E-state index >= 15 is 0 Å². The molecule has 2 aliphatic rings. The van der Waals surface area contributed by atoms with Crippen molar-refractivity contribution in [2.45, 2.75) is 64.4 Å². The summed E-state index contributed by atoms with van der Waals surface area (Å²) in [6, 6.07) is 0. The summed E-state index contributed by atoms with van der Waals surface area (Å²) in [4.78, 5) is 26.4. The van der Waals surface area contributed by atoms with Crippen molar-refractivity contribution in [1.82, 2.24) is 10.2 Å². The minimum absolute atomic E-state index is 0.129. The van der Waals surface area contributed by atoms with Gasteiger partial charge in [0.25, 0.3) is 0 Å². The van der Waals surface area contributed by atoms with Crippen LogP contribution in [0.25, 0.3) is 0 Å². The molecule has 0 radical (unpaired) electrons. The zero-order valence-electron chi connectivity index (χ0n) is 14.7. The van der Waals surface area contributed by atoms with Crippen molar-refractivity contribution in [3.8, 4) is 0 Å². The Morgan fingerprint density at radius 1 is 1.04 bits per heavy atom. The molecule has 0 aliphatic carbocycles. The van der Waals surface area contributed by atoms with E-state index in [1.54, 1.807) is 39.5 Å². The van der Waals surface area contributed by atoms with Gasteiger partial charge in [-0.05, 0) is 34.6 Å². The third kappa shape index (κ3) is 4.57. The number of alkyl carbamates (subject to hydrolysis) is 1. The minimum atomic E-state index is -1.02. The molecule has 7 nitrogen and oxygen atoms in total. The van der Waals surface area contributed by atoms with Gasteiger partial charge in [0.05, 0.1) is 13.2 Å². The van der Waals surface area contributed by atoms with E-state index in [1.807, 2.05) is 0 Å². The van der Waals surface area contributed by atoms with Crippen molar-refractivity contribution in [3.05, 3.63) is 0 Å². The largest absolute Gasteiger partial charge is 0.444 e. The van der Waals surface area contributed by atoms with Gasteiger partial charge in [-0.2, -0.15) is 0 Å². The maximum atomic E-state index is 12.7. The van der Waals surface area contributed by atoms with Crippen LogP contribution in [0.3, 0.4) is 0 Å². The number of nitrogens with zero attached hydrogens (tertiary/aromatic N) is 1. The van der Waals surface area contributed by atoms with Gasteiger partial charge in [-0.3, -0.25) is 4.79 Å². The Morgan fingerprint density at radius 3 is 2.04 bits per heavy atom. The van der Waals surface area contributed by atoms with Gasteiger partial charge in [0.2, 0.25) is 5.91 Å². The van der Waals surface area contributed by atoms with E-state index in [0.717, 1.165) is 0 Å². The molecule has 132 valence electrons. The first kappa shape index (κ1) is 18.0. The predicted molar refractivity (Wildman–Crippen MR) is 83.9 cm³/mol. The number of rotatable bonds is 2. The van der Waals surface area contributed by atoms with Crippen molar-refractivity contribution < 1.29 is 23.8 Å². The molecule has 23 heavy (non-hydrogen) atoms. The monoisotopic (exact) mass is 328 g/mol.